The van der Waals surface area contributed by atoms with E-state index in [4.69, 9.17) is 4.74 Å². The number of anilines is 1. The first-order chi connectivity index (χ1) is 12.6. The lowest BCUT2D eigenvalue weighted by molar-refractivity contribution is -0.144. The summed E-state index contributed by atoms with van der Waals surface area (Å²) in [4.78, 5) is 7.58. The van der Waals surface area contributed by atoms with Gasteiger partial charge in [-0.1, -0.05) is 18.2 Å². The minimum atomic E-state index is -4.63. The van der Waals surface area contributed by atoms with Crippen molar-refractivity contribution in [2.24, 2.45) is 0 Å². The van der Waals surface area contributed by atoms with E-state index in [0.717, 1.165) is 15.8 Å². The Balaban J connectivity index is 1.78. The van der Waals surface area contributed by atoms with Crippen LogP contribution in [0, 0.1) is 6.92 Å². The molecular weight excluding hydrogens is 359 g/mol. The molecule has 0 aliphatic carbocycles. The molecule has 1 unspecified atom stereocenters. The summed E-state index contributed by atoms with van der Waals surface area (Å²) in [6.07, 6.45) is -4.00. The van der Waals surface area contributed by atoms with Gasteiger partial charge in [0, 0.05) is 23.7 Å². The molecule has 27 heavy (non-hydrogen) atoms. The first-order valence-corrected chi connectivity index (χ1v) is 8.48. The molecule has 0 radical (unpaired) electrons. The minimum absolute atomic E-state index is 0.0931. The number of rotatable bonds is 2. The Kier molecular flexibility index (Phi) is 3.79. The lowest BCUT2D eigenvalue weighted by atomic mass is 9.90. The Morgan fingerprint density at radius 1 is 1.22 bits per heavy atom. The molecule has 1 aliphatic heterocycles. The number of ether oxygens (including phenoxy) is 1. The number of hydrogen-bond acceptors (Lipinski definition) is 5. The van der Waals surface area contributed by atoms with Gasteiger partial charge < -0.3 is 10.1 Å². The van der Waals surface area contributed by atoms with Crippen LogP contribution in [0.25, 0.3) is 5.78 Å². The van der Waals surface area contributed by atoms with E-state index >= 15 is 0 Å². The Morgan fingerprint density at radius 2 is 1.96 bits per heavy atom. The fourth-order valence-electron chi connectivity index (χ4n) is 3.32. The Morgan fingerprint density at radius 3 is 2.70 bits per heavy atom. The highest BCUT2D eigenvalue weighted by Gasteiger charge is 2.37. The van der Waals surface area contributed by atoms with Gasteiger partial charge in [-0.25, -0.2) is 4.98 Å². The van der Waals surface area contributed by atoms with Crippen LogP contribution < -0.4 is 10.1 Å². The van der Waals surface area contributed by atoms with E-state index in [0.29, 0.717) is 17.9 Å². The summed E-state index contributed by atoms with van der Waals surface area (Å²) in [5.74, 6) is -0.151. The molecule has 142 valence electrons. The van der Waals surface area contributed by atoms with E-state index in [1.165, 1.54) is 0 Å². The number of benzene rings is 1. The van der Waals surface area contributed by atoms with Crippen molar-refractivity contribution >= 4 is 11.6 Å². The van der Waals surface area contributed by atoms with E-state index in [1.54, 1.807) is 13.0 Å². The van der Waals surface area contributed by atoms with Gasteiger partial charge in [0.1, 0.15) is 17.2 Å². The van der Waals surface area contributed by atoms with E-state index in [2.05, 4.69) is 20.4 Å². The summed E-state index contributed by atoms with van der Waals surface area (Å²) in [5, 5.41) is 6.92. The van der Waals surface area contributed by atoms with Crippen molar-refractivity contribution in [3.8, 4) is 5.75 Å². The quantitative estimate of drug-likeness (QED) is 0.726. The first-order valence-electron chi connectivity index (χ1n) is 8.48. The summed E-state index contributed by atoms with van der Waals surface area (Å²) in [5.41, 5.74) is 1.06. The van der Waals surface area contributed by atoms with Crippen molar-refractivity contribution in [2.45, 2.75) is 45.0 Å². The fourth-order valence-corrected chi connectivity index (χ4v) is 3.32. The number of aromatic nitrogens is 4. The highest BCUT2D eigenvalue weighted by atomic mass is 19.4. The van der Waals surface area contributed by atoms with Crippen molar-refractivity contribution in [3.63, 3.8) is 0 Å². The zero-order chi connectivity index (χ0) is 19.4. The summed E-state index contributed by atoms with van der Waals surface area (Å²) >= 11 is 0. The molecule has 0 saturated heterocycles. The largest absolute Gasteiger partial charge is 0.487 e. The molecule has 6 nitrogen and oxygen atoms in total. The van der Waals surface area contributed by atoms with Gasteiger partial charge in [0.15, 0.2) is 0 Å². The van der Waals surface area contributed by atoms with Crippen LogP contribution in [0.5, 0.6) is 5.75 Å². The van der Waals surface area contributed by atoms with Crippen LogP contribution >= 0.6 is 0 Å². The van der Waals surface area contributed by atoms with E-state index in [-0.39, 0.29) is 11.8 Å². The third-order valence-electron chi connectivity index (χ3n) is 4.39. The number of hydrogen-bond donors (Lipinski definition) is 1. The topological polar surface area (TPSA) is 64.3 Å². The van der Waals surface area contributed by atoms with Crippen LogP contribution in [-0.4, -0.2) is 25.2 Å². The van der Waals surface area contributed by atoms with Gasteiger partial charge in [0.05, 0.1) is 6.04 Å². The fraction of sp³-hybridized carbons (Fsp3) is 0.389. The highest BCUT2D eigenvalue weighted by molar-refractivity contribution is 5.50. The highest BCUT2D eigenvalue weighted by Crippen LogP contribution is 2.41. The van der Waals surface area contributed by atoms with Gasteiger partial charge in [-0.2, -0.15) is 22.7 Å². The lowest BCUT2D eigenvalue weighted by Crippen LogP contribution is -2.37. The Labute approximate surface area is 153 Å². The molecule has 0 bridgehead atoms. The second-order valence-electron chi connectivity index (χ2n) is 7.23. The van der Waals surface area contributed by atoms with Crippen molar-refractivity contribution in [1.29, 1.82) is 0 Å². The van der Waals surface area contributed by atoms with Gasteiger partial charge in [-0.3, -0.25) is 0 Å². The molecule has 3 aromatic rings. The van der Waals surface area contributed by atoms with Crippen LogP contribution in [0.4, 0.5) is 19.0 Å². The molecule has 1 aliphatic rings. The Bertz CT molecular complexity index is 1010. The molecule has 0 saturated carbocycles. The molecule has 1 aromatic carbocycles. The molecule has 0 amide bonds. The molecule has 1 atom stereocenters. The van der Waals surface area contributed by atoms with Crippen molar-refractivity contribution in [2.75, 3.05) is 5.32 Å². The van der Waals surface area contributed by atoms with Gasteiger partial charge in [-0.15, -0.1) is 5.10 Å². The maximum absolute atomic E-state index is 13.0. The van der Waals surface area contributed by atoms with E-state index in [1.807, 2.05) is 38.1 Å². The number of halogens is 3. The third-order valence-corrected chi connectivity index (χ3v) is 4.39. The van der Waals surface area contributed by atoms with Crippen molar-refractivity contribution in [1.82, 2.24) is 19.6 Å². The summed E-state index contributed by atoms with van der Waals surface area (Å²) < 4.78 is 46.1. The Hall–Kier alpha value is -2.84. The standard InChI is InChI=1S/C18H18F3N5O/c1-10-8-14(26-16(22-10)24-15(25-26)18(19,20)21)23-12-9-17(2,3)27-13-7-5-4-6-11(12)13/h4-8,12,23H,9H2,1-3H3. The molecular formula is C18H18F3N5O. The van der Waals surface area contributed by atoms with Gasteiger partial charge in [0.25, 0.3) is 11.6 Å². The number of aryl methyl sites for hydroxylation is 1. The molecule has 1 N–H and O–H groups in total. The van der Waals surface area contributed by atoms with Crippen molar-refractivity contribution in [3.05, 3.63) is 47.4 Å². The summed E-state index contributed by atoms with van der Waals surface area (Å²) in [6, 6.07) is 9.12. The van der Waals surface area contributed by atoms with E-state index < -0.39 is 17.6 Å². The predicted octanol–water partition coefficient (Wildman–Crippen LogP) is 4.17. The second kappa shape index (κ2) is 5.83. The number of alkyl halides is 3. The number of nitrogens with one attached hydrogen (secondary N) is 1. The molecule has 2 aromatic heterocycles. The molecule has 3 heterocycles. The SMILES string of the molecule is Cc1cc(NC2CC(C)(C)Oc3ccccc32)n2nc(C(F)(F)F)nc2n1. The summed E-state index contributed by atoms with van der Waals surface area (Å²) in [7, 11) is 0. The van der Waals surface area contributed by atoms with Crippen LogP contribution in [0.1, 0.15) is 43.4 Å². The van der Waals surface area contributed by atoms with Gasteiger partial charge in [0.2, 0.25) is 0 Å². The second-order valence-corrected chi connectivity index (χ2v) is 7.23. The summed E-state index contributed by atoms with van der Waals surface area (Å²) in [6.45, 7) is 5.65. The smallest absolute Gasteiger partial charge is 0.453 e. The van der Waals surface area contributed by atoms with Crippen LogP contribution in [0.3, 0.4) is 0 Å². The van der Waals surface area contributed by atoms with Crippen LogP contribution in [0.2, 0.25) is 0 Å². The monoisotopic (exact) mass is 377 g/mol. The number of fused-ring (bicyclic) bond motifs is 2. The predicted molar refractivity (Wildman–Crippen MR) is 92.7 cm³/mol. The zero-order valence-corrected chi connectivity index (χ0v) is 15.0. The van der Waals surface area contributed by atoms with Crippen molar-refractivity contribution < 1.29 is 17.9 Å². The molecule has 4 rings (SSSR count). The molecule has 9 heteroatoms. The van der Waals surface area contributed by atoms with Gasteiger partial charge >= 0.3 is 6.18 Å². The average Bonchev–Trinajstić information content (AvgIpc) is 2.98. The maximum atomic E-state index is 13.0. The average molecular weight is 377 g/mol. The zero-order valence-electron chi connectivity index (χ0n) is 15.0. The molecule has 0 spiro atoms. The third kappa shape index (κ3) is 3.29. The number of para-hydroxylation sites is 1. The first kappa shape index (κ1) is 17.6. The van der Waals surface area contributed by atoms with Crippen LogP contribution in [-0.2, 0) is 6.18 Å². The number of nitrogens with zero attached hydrogens (tertiary/aromatic N) is 4. The normalized spacial score (nSPS) is 18.8. The lowest BCUT2D eigenvalue weighted by Gasteiger charge is -2.38. The molecule has 0 fully saturated rings. The van der Waals surface area contributed by atoms with Gasteiger partial charge in [-0.05, 0) is 26.8 Å². The van der Waals surface area contributed by atoms with Crippen LogP contribution in [0.15, 0.2) is 30.3 Å². The minimum Gasteiger partial charge on any atom is -0.487 e. The maximum Gasteiger partial charge on any atom is 0.453 e. The van der Waals surface area contributed by atoms with E-state index in [9.17, 15) is 13.2 Å².